The maximum absolute atomic E-state index is 11.2. The Bertz CT molecular complexity index is 292. The summed E-state index contributed by atoms with van der Waals surface area (Å²) in [5, 5.41) is 12.9. The molecule has 16 heavy (non-hydrogen) atoms. The smallest absolute Gasteiger partial charge is 0.310 e. The maximum Gasteiger partial charge on any atom is 0.310 e. The van der Waals surface area contributed by atoms with Crippen LogP contribution in [0.5, 0.6) is 0 Å². The van der Waals surface area contributed by atoms with Crippen LogP contribution < -0.4 is 10.6 Å². The highest BCUT2D eigenvalue weighted by molar-refractivity contribution is 6.35. The van der Waals surface area contributed by atoms with Gasteiger partial charge in [0.2, 0.25) is 0 Å². The molecule has 0 atom stereocenters. The standard InChI is InChI=1S/C10H16N4O2/c11-3-4-12-9(15)10(16)13-5-8-14-6-1-2-7-14/h1-2,4-8H2,(H,12,15)(H,13,16). The number of nitriles is 1. The van der Waals surface area contributed by atoms with E-state index in [4.69, 9.17) is 5.26 Å². The minimum absolute atomic E-state index is 0.140. The Kier molecular flexibility index (Phi) is 5.29. The molecular weight excluding hydrogens is 208 g/mol. The summed E-state index contributed by atoms with van der Waals surface area (Å²) in [5.74, 6) is -1.42. The fourth-order valence-corrected chi connectivity index (χ4v) is 1.61. The lowest BCUT2D eigenvalue weighted by atomic mass is 10.4. The van der Waals surface area contributed by atoms with Gasteiger partial charge in [-0.1, -0.05) is 0 Å². The van der Waals surface area contributed by atoms with E-state index in [1.54, 1.807) is 6.07 Å². The molecule has 88 valence electrons. The molecular formula is C10H16N4O2. The van der Waals surface area contributed by atoms with Gasteiger partial charge in [-0.15, -0.1) is 0 Å². The molecule has 2 N–H and O–H groups in total. The van der Waals surface area contributed by atoms with Crippen molar-refractivity contribution in [3.05, 3.63) is 0 Å². The summed E-state index contributed by atoms with van der Waals surface area (Å²) < 4.78 is 0. The van der Waals surface area contributed by atoms with Crippen LogP contribution in [0.15, 0.2) is 0 Å². The van der Waals surface area contributed by atoms with Crippen molar-refractivity contribution in [2.75, 3.05) is 32.7 Å². The molecule has 2 amide bonds. The lowest BCUT2D eigenvalue weighted by Gasteiger charge is -2.14. The zero-order valence-corrected chi connectivity index (χ0v) is 9.16. The minimum atomic E-state index is -0.747. The Morgan fingerprint density at radius 1 is 1.19 bits per heavy atom. The van der Waals surface area contributed by atoms with Crippen LogP contribution in [0.4, 0.5) is 0 Å². The number of amides is 2. The van der Waals surface area contributed by atoms with E-state index in [-0.39, 0.29) is 6.54 Å². The first-order valence-corrected chi connectivity index (χ1v) is 5.39. The highest BCUT2D eigenvalue weighted by Crippen LogP contribution is 2.05. The zero-order valence-electron chi connectivity index (χ0n) is 9.16. The van der Waals surface area contributed by atoms with Gasteiger partial charge in [0.15, 0.2) is 0 Å². The van der Waals surface area contributed by atoms with Gasteiger partial charge in [-0.05, 0) is 25.9 Å². The fourth-order valence-electron chi connectivity index (χ4n) is 1.61. The summed E-state index contributed by atoms with van der Waals surface area (Å²) in [5.41, 5.74) is 0. The molecule has 0 unspecified atom stereocenters. The second-order valence-corrected chi connectivity index (χ2v) is 3.65. The first-order chi connectivity index (χ1) is 7.74. The molecule has 1 saturated heterocycles. The van der Waals surface area contributed by atoms with Gasteiger partial charge in [0.1, 0.15) is 6.54 Å². The molecule has 0 bridgehead atoms. The molecule has 0 aromatic heterocycles. The van der Waals surface area contributed by atoms with Gasteiger partial charge in [-0.2, -0.15) is 5.26 Å². The molecule has 1 aliphatic rings. The van der Waals surface area contributed by atoms with Crippen molar-refractivity contribution < 1.29 is 9.59 Å². The first kappa shape index (κ1) is 12.5. The predicted molar refractivity (Wildman–Crippen MR) is 57.3 cm³/mol. The summed E-state index contributed by atoms with van der Waals surface area (Å²) >= 11 is 0. The quantitative estimate of drug-likeness (QED) is 0.466. The van der Waals surface area contributed by atoms with E-state index in [1.165, 1.54) is 12.8 Å². The van der Waals surface area contributed by atoms with Crippen molar-refractivity contribution >= 4 is 11.8 Å². The summed E-state index contributed by atoms with van der Waals surface area (Å²) in [6, 6.07) is 1.73. The Morgan fingerprint density at radius 3 is 2.44 bits per heavy atom. The second-order valence-electron chi connectivity index (χ2n) is 3.65. The molecule has 0 aromatic rings. The van der Waals surface area contributed by atoms with Gasteiger partial charge in [-0.25, -0.2) is 0 Å². The van der Waals surface area contributed by atoms with Crippen LogP contribution in [0.3, 0.4) is 0 Å². The van der Waals surface area contributed by atoms with Crippen LogP contribution in [0, 0.1) is 11.3 Å². The number of carbonyl (C=O) groups is 2. The van der Waals surface area contributed by atoms with Gasteiger partial charge in [-0.3, -0.25) is 9.59 Å². The molecule has 0 saturated carbocycles. The van der Waals surface area contributed by atoms with E-state index in [0.29, 0.717) is 6.54 Å². The molecule has 1 rings (SSSR count). The Hall–Kier alpha value is -1.61. The van der Waals surface area contributed by atoms with Crippen LogP contribution in [0.25, 0.3) is 0 Å². The fraction of sp³-hybridized carbons (Fsp3) is 0.700. The number of nitrogens with one attached hydrogen (secondary N) is 2. The topological polar surface area (TPSA) is 85.2 Å². The van der Waals surface area contributed by atoms with Crippen LogP contribution in [-0.4, -0.2) is 49.4 Å². The average molecular weight is 224 g/mol. The van der Waals surface area contributed by atoms with Crippen molar-refractivity contribution in [3.63, 3.8) is 0 Å². The zero-order chi connectivity index (χ0) is 11.8. The summed E-state index contributed by atoms with van der Waals surface area (Å²) in [7, 11) is 0. The summed E-state index contributed by atoms with van der Waals surface area (Å²) in [4.78, 5) is 24.5. The van der Waals surface area contributed by atoms with Crippen molar-refractivity contribution in [1.29, 1.82) is 5.26 Å². The van der Waals surface area contributed by atoms with E-state index < -0.39 is 11.8 Å². The van der Waals surface area contributed by atoms with E-state index >= 15 is 0 Å². The molecule has 0 radical (unpaired) electrons. The Labute approximate surface area is 94.6 Å². The average Bonchev–Trinajstić information content (AvgIpc) is 2.78. The van der Waals surface area contributed by atoms with Crippen LogP contribution >= 0.6 is 0 Å². The molecule has 1 aliphatic heterocycles. The monoisotopic (exact) mass is 224 g/mol. The van der Waals surface area contributed by atoms with Gasteiger partial charge >= 0.3 is 11.8 Å². The van der Waals surface area contributed by atoms with E-state index in [1.807, 2.05) is 0 Å². The summed E-state index contributed by atoms with van der Waals surface area (Å²) in [6.07, 6.45) is 2.41. The van der Waals surface area contributed by atoms with Crippen LogP contribution in [0.1, 0.15) is 12.8 Å². The Balaban J connectivity index is 2.09. The second kappa shape index (κ2) is 6.80. The van der Waals surface area contributed by atoms with Gasteiger partial charge in [0.05, 0.1) is 6.07 Å². The molecule has 0 aliphatic carbocycles. The van der Waals surface area contributed by atoms with Gasteiger partial charge in [0, 0.05) is 13.1 Å². The number of carbonyl (C=O) groups excluding carboxylic acids is 2. The molecule has 0 spiro atoms. The van der Waals surface area contributed by atoms with Crippen molar-refractivity contribution in [1.82, 2.24) is 15.5 Å². The number of hydrogen-bond acceptors (Lipinski definition) is 4. The number of likely N-dealkylation sites (tertiary alicyclic amines) is 1. The molecule has 1 heterocycles. The SMILES string of the molecule is N#CCNC(=O)C(=O)NCCN1CCCC1. The van der Waals surface area contributed by atoms with Crippen LogP contribution in [0.2, 0.25) is 0 Å². The molecule has 6 heteroatoms. The normalized spacial score (nSPS) is 15.4. The molecule has 1 fully saturated rings. The van der Waals surface area contributed by atoms with Crippen molar-refractivity contribution in [3.8, 4) is 6.07 Å². The molecule has 0 aromatic carbocycles. The number of hydrogen-bond donors (Lipinski definition) is 2. The summed E-state index contributed by atoms with van der Waals surface area (Å²) in [6.45, 7) is 3.24. The first-order valence-electron chi connectivity index (χ1n) is 5.39. The number of rotatable bonds is 4. The lowest BCUT2D eigenvalue weighted by Crippen LogP contribution is -2.42. The largest absolute Gasteiger partial charge is 0.347 e. The van der Waals surface area contributed by atoms with Gasteiger partial charge < -0.3 is 15.5 Å². The predicted octanol–water partition coefficient (Wildman–Crippen LogP) is -1.16. The third-order valence-electron chi connectivity index (χ3n) is 2.45. The van der Waals surface area contributed by atoms with Crippen molar-refractivity contribution in [2.24, 2.45) is 0 Å². The third-order valence-corrected chi connectivity index (χ3v) is 2.45. The third kappa shape index (κ3) is 4.28. The maximum atomic E-state index is 11.2. The van der Waals surface area contributed by atoms with Crippen molar-refractivity contribution in [2.45, 2.75) is 12.8 Å². The van der Waals surface area contributed by atoms with E-state index in [9.17, 15) is 9.59 Å². The van der Waals surface area contributed by atoms with E-state index in [0.717, 1.165) is 19.6 Å². The van der Waals surface area contributed by atoms with Crippen LogP contribution in [-0.2, 0) is 9.59 Å². The highest BCUT2D eigenvalue weighted by Gasteiger charge is 2.14. The lowest BCUT2D eigenvalue weighted by molar-refractivity contribution is -0.139. The minimum Gasteiger partial charge on any atom is -0.347 e. The number of nitrogens with zero attached hydrogens (tertiary/aromatic N) is 2. The van der Waals surface area contributed by atoms with Gasteiger partial charge in [0.25, 0.3) is 0 Å². The van der Waals surface area contributed by atoms with E-state index in [2.05, 4.69) is 15.5 Å². The molecule has 6 nitrogen and oxygen atoms in total. The highest BCUT2D eigenvalue weighted by atomic mass is 16.2. The Morgan fingerprint density at radius 2 is 1.81 bits per heavy atom.